The molecule has 1 aromatic rings. The van der Waals surface area contributed by atoms with E-state index in [9.17, 15) is 13.2 Å². The maximum Gasteiger partial charge on any atom is 0.241 e. The zero-order valence-electron chi connectivity index (χ0n) is 15.5. The smallest absolute Gasteiger partial charge is 0.241 e. The minimum atomic E-state index is -3.80. The highest BCUT2D eigenvalue weighted by atomic mass is 35.5. The molecule has 1 fully saturated rings. The summed E-state index contributed by atoms with van der Waals surface area (Å²) in [7, 11) is -3.80. The van der Waals surface area contributed by atoms with E-state index in [1.165, 1.54) is 24.3 Å². The second-order valence-corrected chi connectivity index (χ2v) is 9.16. The number of amides is 1. The van der Waals surface area contributed by atoms with Crippen molar-refractivity contribution in [2.45, 2.75) is 50.6 Å². The first kappa shape index (κ1) is 21.2. The average molecular weight is 402 g/mol. The van der Waals surface area contributed by atoms with Crippen LogP contribution in [-0.2, 0) is 14.8 Å². The predicted octanol–water partition coefficient (Wildman–Crippen LogP) is 2.24. The fourth-order valence-electron chi connectivity index (χ4n) is 3.03. The van der Waals surface area contributed by atoms with Gasteiger partial charge in [0.15, 0.2) is 0 Å². The highest BCUT2D eigenvalue weighted by molar-refractivity contribution is 7.89. The van der Waals surface area contributed by atoms with Gasteiger partial charge in [0.25, 0.3) is 0 Å². The van der Waals surface area contributed by atoms with E-state index < -0.39 is 16.1 Å². The van der Waals surface area contributed by atoms with Crippen molar-refractivity contribution < 1.29 is 13.2 Å². The van der Waals surface area contributed by atoms with E-state index in [1.807, 2.05) is 13.8 Å². The number of nitrogens with zero attached hydrogens (tertiary/aromatic N) is 1. The Morgan fingerprint density at radius 3 is 2.31 bits per heavy atom. The maximum absolute atomic E-state index is 12.7. The van der Waals surface area contributed by atoms with Crippen molar-refractivity contribution in [1.82, 2.24) is 14.9 Å². The summed E-state index contributed by atoms with van der Waals surface area (Å²) < 4.78 is 27.7. The van der Waals surface area contributed by atoms with E-state index in [2.05, 4.69) is 21.9 Å². The lowest BCUT2D eigenvalue weighted by Gasteiger charge is -2.32. The number of hydrogen-bond donors (Lipinski definition) is 2. The molecule has 2 rings (SSSR count). The molecule has 8 heteroatoms. The molecule has 1 heterocycles. The first-order valence-corrected chi connectivity index (χ1v) is 10.9. The van der Waals surface area contributed by atoms with Crippen molar-refractivity contribution in [3.05, 3.63) is 29.3 Å². The van der Waals surface area contributed by atoms with Crippen LogP contribution in [0.25, 0.3) is 0 Å². The van der Waals surface area contributed by atoms with E-state index in [-0.39, 0.29) is 22.8 Å². The van der Waals surface area contributed by atoms with Gasteiger partial charge in [-0.2, -0.15) is 4.72 Å². The largest absolute Gasteiger partial charge is 0.352 e. The summed E-state index contributed by atoms with van der Waals surface area (Å²) in [4.78, 5) is 15.1. The third-order valence-electron chi connectivity index (χ3n) is 4.74. The van der Waals surface area contributed by atoms with Crippen LogP contribution in [0.1, 0.15) is 33.6 Å². The topological polar surface area (TPSA) is 78.5 Å². The van der Waals surface area contributed by atoms with Crippen LogP contribution in [0.2, 0.25) is 5.02 Å². The molecule has 0 unspecified atom stereocenters. The molecular weight excluding hydrogens is 374 g/mol. The summed E-state index contributed by atoms with van der Waals surface area (Å²) >= 11 is 5.81. The number of nitrogens with one attached hydrogen (secondary N) is 2. The monoisotopic (exact) mass is 401 g/mol. The second-order valence-electron chi connectivity index (χ2n) is 7.01. The molecular formula is C18H28ClN3O3S. The van der Waals surface area contributed by atoms with E-state index in [1.54, 1.807) is 0 Å². The Kier molecular flexibility index (Phi) is 7.46. The Morgan fingerprint density at radius 2 is 1.81 bits per heavy atom. The van der Waals surface area contributed by atoms with Gasteiger partial charge in [0, 0.05) is 24.2 Å². The highest BCUT2D eigenvalue weighted by Gasteiger charge is 2.30. The third-order valence-corrected chi connectivity index (χ3v) is 6.45. The number of likely N-dealkylation sites (tertiary alicyclic amines) is 1. The number of benzene rings is 1. The lowest BCUT2D eigenvalue weighted by Crippen LogP contribution is -2.53. The number of sulfonamides is 1. The van der Waals surface area contributed by atoms with Crippen LogP contribution in [0.4, 0.5) is 0 Å². The Hall–Kier alpha value is -1.15. The van der Waals surface area contributed by atoms with Crippen molar-refractivity contribution in [3.8, 4) is 0 Å². The molecule has 26 heavy (non-hydrogen) atoms. The Bertz CT molecular complexity index is 699. The minimum absolute atomic E-state index is 0.0894. The van der Waals surface area contributed by atoms with Crippen LogP contribution in [0.15, 0.2) is 29.2 Å². The lowest BCUT2D eigenvalue weighted by molar-refractivity contribution is -0.124. The van der Waals surface area contributed by atoms with Crippen LogP contribution >= 0.6 is 11.6 Å². The molecule has 1 aliphatic heterocycles. The molecule has 0 bridgehead atoms. The SMILES string of the molecule is CCN1CCC(NC(=O)[C@H](NS(=O)(=O)c2ccc(Cl)cc2)C(C)C)CC1. The number of carbonyl (C=O) groups excluding carboxylic acids is 1. The predicted molar refractivity (Wildman–Crippen MR) is 104 cm³/mol. The van der Waals surface area contributed by atoms with Gasteiger partial charge in [0.1, 0.15) is 6.04 Å². The molecule has 0 saturated carbocycles. The molecule has 1 amide bonds. The standard InChI is InChI=1S/C18H28ClN3O3S/c1-4-22-11-9-15(10-12-22)20-18(23)17(13(2)3)21-26(24,25)16-7-5-14(19)6-8-16/h5-8,13,15,17,21H,4,9-12H2,1-3H3,(H,20,23)/t17-/m1/s1. The van der Waals surface area contributed by atoms with E-state index in [4.69, 9.17) is 11.6 Å². The molecule has 2 N–H and O–H groups in total. The van der Waals surface area contributed by atoms with Crippen molar-refractivity contribution in [2.75, 3.05) is 19.6 Å². The van der Waals surface area contributed by atoms with Gasteiger partial charge in [-0.3, -0.25) is 4.79 Å². The van der Waals surface area contributed by atoms with Gasteiger partial charge >= 0.3 is 0 Å². The summed E-state index contributed by atoms with van der Waals surface area (Å²) in [6, 6.07) is 5.16. The molecule has 1 saturated heterocycles. The molecule has 0 aromatic heterocycles. The minimum Gasteiger partial charge on any atom is -0.352 e. The van der Waals surface area contributed by atoms with Gasteiger partial charge < -0.3 is 10.2 Å². The summed E-state index contributed by atoms with van der Waals surface area (Å²) in [6.45, 7) is 8.69. The molecule has 0 radical (unpaired) electrons. The number of rotatable bonds is 7. The first-order valence-electron chi connectivity index (χ1n) is 9.03. The number of halogens is 1. The summed E-state index contributed by atoms with van der Waals surface area (Å²) in [6.07, 6.45) is 1.77. The fraction of sp³-hybridized carbons (Fsp3) is 0.611. The first-order chi connectivity index (χ1) is 12.2. The quantitative estimate of drug-likeness (QED) is 0.734. The zero-order valence-corrected chi connectivity index (χ0v) is 17.1. The van der Waals surface area contributed by atoms with Crippen molar-refractivity contribution in [3.63, 3.8) is 0 Å². The maximum atomic E-state index is 12.7. The fourth-order valence-corrected chi connectivity index (χ4v) is 4.50. The number of hydrogen-bond acceptors (Lipinski definition) is 4. The van der Waals surface area contributed by atoms with Crippen molar-refractivity contribution in [2.24, 2.45) is 5.92 Å². The lowest BCUT2D eigenvalue weighted by atomic mass is 10.0. The van der Waals surface area contributed by atoms with E-state index in [0.717, 1.165) is 32.5 Å². The Morgan fingerprint density at radius 1 is 1.23 bits per heavy atom. The molecule has 0 aliphatic carbocycles. The Balaban J connectivity index is 2.03. The molecule has 146 valence electrons. The van der Waals surface area contributed by atoms with Crippen LogP contribution in [-0.4, -0.2) is 50.9 Å². The summed E-state index contributed by atoms with van der Waals surface area (Å²) in [5.74, 6) is -0.444. The third kappa shape index (κ3) is 5.67. The Labute approximate surface area is 161 Å². The highest BCUT2D eigenvalue weighted by Crippen LogP contribution is 2.16. The molecule has 6 nitrogen and oxygen atoms in total. The van der Waals surface area contributed by atoms with Gasteiger partial charge in [0.05, 0.1) is 4.90 Å². The summed E-state index contributed by atoms with van der Waals surface area (Å²) in [5, 5.41) is 3.47. The zero-order chi connectivity index (χ0) is 19.3. The van der Waals surface area contributed by atoms with Crippen LogP contribution in [0.3, 0.4) is 0 Å². The molecule has 0 spiro atoms. The summed E-state index contributed by atoms with van der Waals surface area (Å²) in [5.41, 5.74) is 0. The van der Waals surface area contributed by atoms with Crippen molar-refractivity contribution in [1.29, 1.82) is 0 Å². The molecule has 1 aliphatic rings. The van der Waals surface area contributed by atoms with Gasteiger partial charge in [-0.15, -0.1) is 0 Å². The normalized spacial score (nSPS) is 18.0. The van der Waals surface area contributed by atoms with Gasteiger partial charge in [-0.1, -0.05) is 32.4 Å². The van der Waals surface area contributed by atoms with Gasteiger partial charge in [-0.25, -0.2) is 8.42 Å². The van der Waals surface area contributed by atoms with Crippen LogP contribution < -0.4 is 10.0 Å². The van der Waals surface area contributed by atoms with Crippen LogP contribution in [0, 0.1) is 5.92 Å². The number of carbonyl (C=O) groups is 1. The van der Waals surface area contributed by atoms with E-state index in [0.29, 0.717) is 5.02 Å². The van der Waals surface area contributed by atoms with Crippen molar-refractivity contribution >= 4 is 27.5 Å². The second kappa shape index (κ2) is 9.17. The van der Waals surface area contributed by atoms with E-state index >= 15 is 0 Å². The average Bonchev–Trinajstić information content (AvgIpc) is 2.60. The van der Waals surface area contributed by atoms with Gasteiger partial charge in [-0.05, 0) is 49.6 Å². The van der Waals surface area contributed by atoms with Gasteiger partial charge in [0.2, 0.25) is 15.9 Å². The molecule has 1 atom stereocenters. The molecule has 1 aromatic carbocycles. The van der Waals surface area contributed by atoms with Crippen LogP contribution in [0.5, 0.6) is 0 Å². The number of piperidine rings is 1.